The minimum absolute atomic E-state index is 0.183. The summed E-state index contributed by atoms with van der Waals surface area (Å²) >= 11 is 11.9. The minimum atomic E-state index is -1.23. The third-order valence-electron chi connectivity index (χ3n) is 5.09. The van der Waals surface area contributed by atoms with Crippen molar-refractivity contribution in [1.82, 2.24) is 10.2 Å². The zero-order valence-electron chi connectivity index (χ0n) is 14.0. The van der Waals surface area contributed by atoms with Gasteiger partial charge in [0.25, 0.3) is 5.91 Å². The summed E-state index contributed by atoms with van der Waals surface area (Å²) in [6, 6.07) is 5.31. The molecule has 3 atom stereocenters. The van der Waals surface area contributed by atoms with Gasteiger partial charge in [-0.1, -0.05) is 29.3 Å². The lowest BCUT2D eigenvalue weighted by Gasteiger charge is -2.24. The van der Waals surface area contributed by atoms with E-state index in [0.717, 1.165) is 31.2 Å². The van der Waals surface area contributed by atoms with Crippen molar-refractivity contribution in [2.75, 3.05) is 13.6 Å². The molecule has 1 saturated carbocycles. The van der Waals surface area contributed by atoms with Crippen LogP contribution in [0.15, 0.2) is 18.2 Å². The van der Waals surface area contributed by atoms with Crippen molar-refractivity contribution in [1.29, 1.82) is 0 Å². The number of nitrogens with one attached hydrogen (secondary N) is 1. The van der Waals surface area contributed by atoms with E-state index >= 15 is 0 Å². The summed E-state index contributed by atoms with van der Waals surface area (Å²) in [6.45, 7) is 0.484. The number of likely N-dealkylation sites (tertiary alicyclic amines) is 1. The molecule has 25 heavy (non-hydrogen) atoms. The van der Waals surface area contributed by atoms with Gasteiger partial charge < -0.3 is 15.3 Å². The maximum atomic E-state index is 12.5. The molecular formula is C18H22Cl2N2O3. The van der Waals surface area contributed by atoms with Crippen molar-refractivity contribution in [3.05, 3.63) is 33.8 Å². The molecule has 2 amide bonds. The van der Waals surface area contributed by atoms with Crippen LogP contribution in [0.3, 0.4) is 0 Å². The fourth-order valence-electron chi connectivity index (χ4n) is 3.60. The van der Waals surface area contributed by atoms with E-state index in [1.165, 1.54) is 0 Å². The first-order chi connectivity index (χ1) is 11.9. The molecule has 0 radical (unpaired) electrons. The van der Waals surface area contributed by atoms with Gasteiger partial charge in [-0.3, -0.25) is 9.59 Å². The quantitative estimate of drug-likeness (QED) is 0.739. The van der Waals surface area contributed by atoms with E-state index in [2.05, 4.69) is 5.32 Å². The van der Waals surface area contributed by atoms with E-state index in [9.17, 15) is 14.7 Å². The number of benzene rings is 1. The molecule has 5 nitrogen and oxygen atoms in total. The SMILES string of the molecule is CN1C(=O)C(O)C(C(=O)NCCCc2ccc(Cl)c(Cl)c2)C1C1CC1. The summed E-state index contributed by atoms with van der Waals surface area (Å²) in [5.74, 6) is -0.933. The lowest BCUT2D eigenvalue weighted by Crippen LogP contribution is -2.43. The average molecular weight is 385 g/mol. The number of aliphatic hydroxyl groups excluding tert-OH is 1. The first-order valence-electron chi connectivity index (χ1n) is 8.56. The minimum Gasteiger partial charge on any atom is -0.382 e. The molecule has 1 heterocycles. The highest BCUT2D eigenvalue weighted by molar-refractivity contribution is 6.42. The smallest absolute Gasteiger partial charge is 0.252 e. The van der Waals surface area contributed by atoms with E-state index in [4.69, 9.17) is 23.2 Å². The Kier molecular flexibility index (Phi) is 5.56. The summed E-state index contributed by atoms with van der Waals surface area (Å²) in [4.78, 5) is 26.1. The third-order valence-corrected chi connectivity index (χ3v) is 5.83. The molecule has 1 saturated heterocycles. The van der Waals surface area contributed by atoms with Crippen molar-refractivity contribution in [2.45, 2.75) is 37.8 Å². The van der Waals surface area contributed by atoms with Crippen molar-refractivity contribution in [3.8, 4) is 0 Å². The molecule has 1 aliphatic carbocycles. The molecule has 2 fully saturated rings. The lowest BCUT2D eigenvalue weighted by atomic mass is 9.93. The van der Waals surface area contributed by atoms with Crippen LogP contribution in [0.5, 0.6) is 0 Å². The topological polar surface area (TPSA) is 69.6 Å². The van der Waals surface area contributed by atoms with Crippen molar-refractivity contribution >= 4 is 35.0 Å². The van der Waals surface area contributed by atoms with Gasteiger partial charge in [-0.25, -0.2) is 0 Å². The second-order valence-corrected chi connectivity index (χ2v) is 7.71. The predicted molar refractivity (Wildman–Crippen MR) is 96.6 cm³/mol. The van der Waals surface area contributed by atoms with Crippen LogP contribution in [0.1, 0.15) is 24.8 Å². The van der Waals surface area contributed by atoms with Gasteiger partial charge in [-0.05, 0) is 49.3 Å². The highest BCUT2D eigenvalue weighted by Gasteiger charge is 2.54. The molecule has 1 aliphatic heterocycles. The molecule has 3 unspecified atom stereocenters. The van der Waals surface area contributed by atoms with E-state index in [1.54, 1.807) is 18.0 Å². The van der Waals surface area contributed by atoms with Gasteiger partial charge in [0, 0.05) is 19.6 Å². The molecular weight excluding hydrogens is 363 g/mol. The van der Waals surface area contributed by atoms with E-state index in [1.807, 2.05) is 12.1 Å². The number of carbonyl (C=O) groups is 2. The standard InChI is InChI=1S/C18H22Cl2N2O3/c1-22-15(11-5-6-11)14(16(23)18(22)25)17(24)21-8-2-3-10-4-7-12(19)13(20)9-10/h4,7,9,11,14-16,23H,2-3,5-6,8H2,1H3,(H,21,24). The number of carbonyl (C=O) groups excluding carboxylic acids is 2. The Balaban J connectivity index is 1.51. The van der Waals surface area contributed by atoms with Crippen LogP contribution in [-0.4, -0.2) is 47.6 Å². The van der Waals surface area contributed by atoms with Gasteiger partial charge in [0.1, 0.15) is 6.10 Å². The number of halogens is 2. The van der Waals surface area contributed by atoms with Gasteiger partial charge in [0.05, 0.1) is 16.0 Å². The van der Waals surface area contributed by atoms with E-state index in [-0.39, 0.29) is 17.9 Å². The predicted octanol–water partition coefficient (Wildman–Crippen LogP) is 2.27. The van der Waals surface area contributed by atoms with Crippen LogP contribution >= 0.6 is 23.2 Å². The molecule has 1 aromatic carbocycles. The Morgan fingerprint density at radius 2 is 2.04 bits per heavy atom. The number of aryl methyl sites for hydroxylation is 1. The monoisotopic (exact) mass is 384 g/mol. The van der Waals surface area contributed by atoms with Crippen molar-refractivity contribution in [2.24, 2.45) is 11.8 Å². The molecule has 3 rings (SSSR count). The maximum absolute atomic E-state index is 12.5. The number of nitrogens with zero attached hydrogens (tertiary/aromatic N) is 1. The second kappa shape index (κ2) is 7.52. The fraction of sp³-hybridized carbons (Fsp3) is 0.556. The molecule has 1 aromatic rings. The number of hydrogen-bond donors (Lipinski definition) is 2. The summed E-state index contributed by atoms with van der Waals surface area (Å²) in [5.41, 5.74) is 1.05. The first-order valence-corrected chi connectivity index (χ1v) is 9.32. The number of likely N-dealkylation sites (N-methyl/N-ethyl adjacent to an activating group) is 1. The zero-order chi connectivity index (χ0) is 18.1. The molecule has 0 spiro atoms. The number of hydrogen-bond acceptors (Lipinski definition) is 3. The van der Waals surface area contributed by atoms with Crippen LogP contribution < -0.4 is 5.32 Å². The Morgan fingerprint density at radius 1 is 1.32 bits per heavy atom. The maximum Gasteiger partial charge on any atom is 0.252 e. The van der Waals surface area contributed by atoms with Crippen LogP contribution in [0, 0.1) is 11.8 Å². The fourth-order valence-corrected chi connectivity index (χ4v) is 3.92. The first kappa shape index (κ1) is 18.5. The average Bonchev–Trinajstić information content (AvgIpc) is 3.39. The van der Waals surface area contributed by atoms with Crippen molar-refractivity contribution in [3.63, 3.8) is 0 Å². The Hall–Kier alpha value is -1.30. The van der Waals surface area contributed by atoms with Crippen LogP contribution in [0.2, 0.25) is 10.0 Å². The summed E-state index contributed by atoms with van der Waals surface area (Å²) in [6.07, 6.45) is 2.29. The normalized spacial score (nSPS) is 26.2. The van der Waals surface area contributed by atoms with Gasteiger partial charge in [-0.2, -0.15) is 0 Å². The van der Waals surface area contributed by atoms with Gasteiger partial charge in [0.15, 0.2) is 0 Å². The number of amides is 2. The lowest BCUT2D eigenvalue weighted by molar-refractivity contribution is -0.137. The summed E-state index contributed by atoms with van der Waals surface area (Å²) in [5, 5.41) is 14.1. The summed E-state index contributed by atoms with van der Waals surface area (Å²) in [7, 11) is 1.67. The van der Waals surface area contributed by atoms with E-state index in [0.29, 0.717) is 22.5 Å². The second-order valence-electron chi connectivity index (χ2n) is 6.89. The highest BCUT2D eigenvalue weighted by atomic mass is 35.5. The highest BCUT2D eigenvalue weighted by Crippen LogP contribution is 2.42. The number of aliphatic hydroxyl groups is 1. The summed E-state index contributed by atoms with van der Waals surface area (Å²) < 4.78 is 0. The number of rotatable bonds is 6. The van der Waals surface area contributed by atoms with Crippen molar-refractivity contribution < 1.29 is 14.7 Å². The Morgan fingerprint density at radius 3 is 2.68 bits per heavy atom. The van der Waals surface area contributed by atoms with Crippen LogP contribution in [0.25, 0.3) is 0 Å². The van der Waals surface area contributed by atoms with Crippen LogP contribution in [0.4, 0.5) is 0 Å². The molecule has 2 aliphatic rings. The molecule has 2 N–H and O–H groups in total. The van der Waals surface area contributed by atoms with Gasteiger partial charge >= 0.3 is 0 Å². The largest absolute Gasteiger partial charge is 0.382 e. The molecule has 0 bridgehead atoms. The zero-order valence-corrected chi connectivity index (χ0v) is 15.6. The Bertz CT molecular complexity index is 678. The van der Waals surface area contributed by atoms with Gasteiger partial charge in [0.2, 0.25) is 5.91 Å². The van der Waals surface area contributed by atoms with E-state index < -0.39 is 12.0 Å². The molecule has 7 heteroatoms. The molecule has 0 aromatic heterocycles. The molecule has 136 valence electrons. The Labute approximate surface area is 157 Å². The van der Waals surface area contributed by atoms with Gasteiger partial charge in [-0.15, -0.1) is 0 Å². The third kappa shape index (κ3) is 3.94. The van der Waals surface area contributed by atoms with Crippen LogP contribution in [-0.2, 0) is 16.0 Å².